The number of fused-ring (bicyclic) bond motifs is 1. The number of sulfonamides is 1. The topological polar surface area (TPSA) is 99.1 Å². The van der Waals surface area contributed by atoms with Crippen molar-refractivity contribution >= 4 is 21.1 Å². The smallest absolute Gasteiger partial charge is 0.408 e. The van der Waals surface area contributed by atoms with Gasteiger partial charge < -0.3 is 4.42 Å². The predicted molar refractivity (Wildman–Crippen MR) is 97.6 cm³/mol. The minimum atomic E-state index is -3.78. The van der Waals surface area contributed by atoms with E-state index in [2.05, 4.69) is 9.82 Å². The summed E-state index contributed by atoms with van der Waals surface area (Å²) in [6, 6.07) is 3.91. The number of nitrogens with zero attached hydrogens (tertiary/aromatic N) is 3. The standard InChI is InChI=1S/C17H22N4O4S/c1-6-21-12(4)16(10(2)18-21)11(3)19-26(23,24)13-7-8-15-14(9-13)20(5)17(22)25-15/h7-9,11,19H,6H2,1-5H3/t11-/m1/s1. The molecule has 0 bridgehead atoms. The molecule has 0 aliphatic rings. The first kappa shape index (κ1) is 18.4. The van der Waals surface area contributed by atoms with E-state index in [9.17, 15) is 13.2 Å². The minimum absolute atomic E-state index is 0.0754. The van der Waals surface area contributed by atoms with Gasteiger partial charge in [-0.1, -0.05) is 0 Å². The first-order valence-electron chi connectivity index (χ1n) is 8.31. The van der Waals surface area contributed by atoms with Crippen LogP contribution in [0.5, 0.6) is 0 Å². The van der Waals surface area contributed by atoms with Crippen molar-refractivity contribution in [3.05, 3.63) is 45.7 Å². The van der Waals surface area contributed by atoms with E-state index in [0.29, 0.717) is 11.1 Å². The van der Waals surface area contributed by atoms with Crippen LogP contribution in [-0.4, -0.2) is 22.8 Å². The number of aromatic nitrogens is 3. The lowest BCUT2D eigenvalue weighted by Crippen LogP contribution is -2.27. The molecular weight excluding hydrogens is 356 g/mol. The van der Waals surface area contributed by atoms with Crippen molar-refractivity contribution in [2.45, 2.75) is 45.2 Å². The maximum absolute atomic E-state index is 12.8. The van der Waals surface area contributed by atoms with Crippen molar-refractivity contribution in [3.63, 3.8) is 0 Å². The van der Waals surface area contributed by atoms with Gasteiger partial charge in [0.15, 0.2) is 5.58 Å². The van der Waals surface area contributed by atoms with Gasteiger partial charge in [-0.2, -0.15) is 5.10 Å². The number of nitrogens with one attached hydrogen (secondary N) is 1. The third-order valence-electron chi connectivity index (χ3n) is 4.58. The molecule has 0 unspecified atom stereocenters. The van der Waals surface area contributed by atoms with Gasteiger partial charge in [-0.25, -0.2) is 17.9 Å². The summed E-state index contributed by atoms with van der Waals surface area (Å²) in [6.07, 6.45) is 0. The van der Waals surface area contributed by atoms with E-state index in [1.165, 1.54) is 29.8 Å². The molecule has 1 atom stereocenters. The van der Waals surface area contributed by atoms with Gasteiger partial charge in [0.1, 0.15) is 0 Å². The van der Waals surface area contributed by atoms with Gasteiger partial charge in [0.2, 0.25) is 10.0 Å². The maximum atomic E-state index is 12.8. The molecule has 0 fully saturated rings. The molecule has 26 heavy (non-hydrogen) atoms. The molecule has 0 radical (unpaired) electrons. The normalized spacial score (nSPS) is 13.4. The molecule has 0 aliphatic carbocycles. The summed E-state index contributed by atoms with van der Waals surface area (Å²) >= 11 is 0. The van der Waals surface area contributed by atoms with Crippen molar-refractivity contribution < 1.29 is 12.8 Å². The fourth-order valence-corrected chi connectivity index (χ4v) is 4.51. The average Bonchev–Trinajstić information content (AvgIpc) is 3.02. The molecule has 3 aromatic rings. The second-order valence-corrected chi connectivity index (χ2v) is 8.01. The van der Waals surface area contributed by atoms with Crippen LogP contribution in [-0.2, 0) is 23.6 Å². The Bertz CT molecular complexity index is 1140. The monoisotopic (exact) mass is 378 g/mol. The largest absolute Gasteiger partial charge is 0.419 e. The average molecular weight is 378 g/mol. The quantitative estimate of drug-likeness (QED) is 0.732. The van der Waals surface area contributed by atoms with Gasteiger partial charge in [0.05, 0.1) is 16.1 Å². The molecule has 1 N–H and O–H groups in total. The molecule has 9 heteroatoms. The van der Waals surface area contributed by atoms with E-state index in [0.717, 1.165) is 23.5 Å². The molecule has 3 rings (SSSR count). The van der Waals surface area contributed by atoms with Crippen molar-refractivity contribution in [3.8, 4) is 0 Å². The molecule has 8 nitrogen and oxygen atoms in total. The summed E-state index contributed by atoms with van der Waals surface area (Å²) in [5.74, 6) is -0.533. The van der Waals surface area contributed by atoms with Crippen LogP contribution in [0.2, 0.25) is 0 Å². The lowest BCUT2D eigenvalue weighted by molar-refractivity contribution is 0.528. The number of benzene rings is 1. The number of aryl methyl sites for hydroxylation is 3. The summed E-state index contributed by atoms with van der Waals surface area (Å²) in [6.45, 7) is 8.30. The van der Waals surface area contributed by atoms with E-state index >= 15 is 0 Å². The van der Waals surface area contributed by atoms with Gasteiger partial charge in [-0.05, 0) is 45.9 Å². The second-order valence-electron chi connectivity index (χ2n) is 6.30. The third kappa shape index (κ3) is 2.97. The highest BCUT2D eigenvalue weighted by Crippen LogP contribution is 2.24. The summed E-state index contributed by atoms with van der Waals surface area (Å²) in [5.41, 5.74) is 3.38. The van der Waals surface area contributed by atoms with Gasteiger partial charge in [0, 0.05) is 30.9 Å². The molecule has 0 saturated heterocycles. The summed E-state index contributed by atoms with van der Waals surface area (Å²) in [4.78, 5) is 11.7. The van der Waals surface area contributed by atoms with Crippen LogP contribution in [0.4, 0.5) is 0 Å². The highest BCUT2D eigenvalue weighted by Gasteiger charge is 2.24. The molecule has 2 heterocycles. The van der Waals surface area contributed by atoms with Gasteiger partial charge >= 0.3 is 5.76 Å². The lowest BCUT2D eigenvalue weighted by atomic mass is 10.1. The van der Waals surface area contributed by atoms with E-state index in [1.807, 2.05) is 25.5 Å². The van der Waals surface area contributed by atoms with Gasteiger partial charge in [0.25, 0.3) is 0 Å². The minimum Gasteiger partial charge on any atom is -0.408 e. The zero-order valence-corrected chi connectivity index (χ0v) is 16.2. The van der Waals surface area contributed by atoms with Crippen molar-refractivity contribution in [2.24, 2.45) is 7.05 Å². The van der Waals surface area contributed by atoms with E-state index in [4.69, 9.17) is 4.42 Å². The van der Waals surface area contributed by atoms with Crippen LogP contribution in [0.1, 0.15) is 36.8 Å². The SMILES string of the molecule is CCn1nc(C)c([C@@H](C)NS(=O)(=O)c2ccc3oc(=O)n(C)c3c2)c1C. The molecular formula is C17H22N4O4S. The lowest BCUT2D eigenvalue weighted by Gasteiger charge is -2.15. The predicted octanol–water partition coefficient (Wildman–Crippen LogP) is 2.00. The highest BCUT2D eigenvalue weighted by atomic mass is 32.2. The van der Waals surface area contributed by atoms with Crippen molar-refractivity contribution in [1.82, 2.24) is 19.1 Å². The van der Waals surface area contributed by atoms with Gasteiger partial charge in [-0.3, -0.25) is 9.25 Å². The molecule has 0 aliphatic heterocycles. The number of hydrogen-bond donors (Lipinski definition) is 1. The number of oxazole rings is 1. The third-order valence-corrected chi connectivity index (χ3v) is 6.11. The number of hydrogen-bond acceptors (Lipinski definition) is 5. The van der Waals surface area contributed by atoms with E-state index < -0.39 is 21.8 Å². The second kappa shape index (κ2) is 6.40. The molecule has 0 spiro atoms. The molecule has 1 aromatic carbocycles. The Kier molecular flexibility index (Phi) is 4.53. The Morgan fingerprint density at radius 3 is 2.62 bits per heavy atom. The number of rotatable bonds is 5. The Balaban J connectivity index is 1.97. The maximum Gasteiger partial charge on any atom is 0.419 e. The first-order valence-corrected chi connectivity index (χ1v) is 9.79. The summed E-state index contributed by atoms with van der Waals surface area (Å²) in [7, 11) is -2.25. The Hall–Kier alpha value is -2.39. The zero-order valence-electron chi connectivity index (χ0n) is 15.4. The van der Waals surface area contributed by atoms with Crippen LogP contribution in [0, 0.1) is 13.8 Å². The fraction of sp³-hybridized carbons (Fsp3) is 0.412. The van der Waals surface area contributed by atoms with Crippen LogP contribution in [0.3, 0.4) is 0 Å². The summed E-state index contributed by atoms with van der Waals surface area (Å²) in [5, 5.41) is 4.44. The zero-order chi connectivity index (χ0) is 19.2. The van der Waals surface area contributed by atoms with Crippen LogP contribution >= 0.6 is 0 Å². The first-order chi connectivity index (χ1) is 12.2. The Morgan fingerprint density at radius 2 is 2.00 bits per heavy atom. The summed E-state index contributed by atoms with van der Waals surface area (Å²) < 4.78 is 36.5. The molecule has 140 valence electrons. The van der Waals surface area contributed by atoms with E-state index in [-0.39, 0.29) is 4.90 Å². The van der Waals surface area contributed by atoms with Crippen LogP contribution in [0.15, 0.2) is 32.3 Å². The molecule has 0 saturated carbocycles. The Labute approximate surface area is 151 Å². The van der Waals surface area contributed by atoms with Crippen LogP contribution < -0.4 is 10.5 Å². The molecule has 2 aromatic heterocycles. The highest BCUT2D eigenvalue weighted by molar-refractivity contribution is 7.89. The molecule has 0 amide bonds. The fourth-order valence-electron chi connectivity index (χ4n) is 3.28. The van der Waals surface area contributed by atoms with Crippen molar-refractivity contribution in [1.29, 1.82) is 0 Å². The van der Waals surface area contributed by atoms with Crippen LogP contribution in [0.25, 0.3) is 11.1 Å². The van der Waals surface area contributed by atoms with Crippen molar-refractivity contribution in [2.75, 3.05) is 0 Å². The van der Waals surface area contributed by atoms with Gasteiger partial charge in [-0.15, -0.1) is 0 Å². The Morgan fingerprint density at radius 1 is 1.31 bits per heavy atom. The van der Waals surface area contributed by atoms with E-state index in [1.54, 1.807) is 6.92 Å².